The van der Waals surface area contributed by atoms with Crippen molar-refractivity contribution >= 4 is 39.0 Å². The van der Waals surface area contributed by atoms with Gasteiger partial charge in [-0.1, -0.05) is 17.7 Å². The van der Waals surface area contributed by atoms with Crippen molar-refractivity contribution in [3.63, 3.8) is 0 Å². The van der Waals surface area contributed by atoms with E-state index in [2.05, 4.69) is 30.5 Å². The molecule has 1 heterocycles. The number of sulfonamides is 1. The van der Waals surface area contributed by atoms with E-state index in [1.807, 2.05) is 26.0 Å². The number of carbonyl (C=O) groups is 1. The van der Waals surface area contributed by atoms with Crippen molar-refractivity contribution in [3.05, 3.63) is 72.1 Å². The van der Waals surface area contributed by atoms with Crippen molar-refractivity contribution in [1.29, 1.82) is 5.26 Å². The van der Waals surface area contributed by atoms with E-state index in [-0.39, 0.29) is 16.6 Å². The number of anilines is 3. The highest BCUT2D eigenvalue weighted by atomic mass is 32.2. The number of rotatable bonds is 7. The summed E-state index contributed by atoms with van der Waals surface area (Å²) in [7, 11) is -3.88. The summed E-state index contributed by atoms with van der Waals surface area (Å²) in [6, 6.07) is 14.4. The molecule has 0 aliphatic heterocycles. The maximum absolute atomic E-state index is 12.4. The predicted molar refractivity (Wildman–Crippen MR) is 120 cm³/mol. The number of hydrazone groups is 1. The monoisotopic (exact) mass is 449 g/mol. The molecule has 0 bridgehead atoms. The summed E-state index contributed by atoms with van der Waals surface area (Å²) in [4.78, 5) is 20.0. The molecule has 0 atom stereocenters. The summed E-state index contributed by atoms with van der Waals surface area (Å²) in [5.41, 5.74) is 5.06. The first-order valence-electron chi connectivity index (χ1n) is 9.31. The summed E-state index contributed by atoms with van der Waals surface area (Å²) in [6.45, 7) is 3.78. The first-order chi connectivity index (χ1) is 15.3. The Hall–Kier alpha value is -4.30. The number of carbonyl (C=O) groups excluding carboxylic acids is 1. The number of hydrogen-bond acceptors (Lipinski definition) is 8. The van der Waals surface area contributed by atoms with Gasteiger partial charge in [-0.3, -0.25) is 10.2 Å². The number of nitriles is 1. The van der Waals surface area contributed by atoms with E-state index >= 15 is 0 Å². The molecule has 1 aromatic heterocycles. The number of aromatic nitrogens is 2. The first-order valence-corrected chi connectivity index (χ1v) is 10.8. The zero-order valence-corrected chi connectivity index (χ0v) is 18.0. The lowest BCUT2D eigenvalue weighted by Gasteiger charge is -2.09. The molecule has 0 saturated heterocycles. The third-order valence-corrected chi connectivity index (χ3v) is 5.55. The molecule has 11 heteroatoms. The van der Waals surface area contributed by atoms with E-state index < -0.39 is 15.9 Å². The second kappa shape index (κ2) is 9.67. The van der Waals surface area contributed by atoms with Crippen LogP contribution in [0, 0.1) is 25.2 Å². The molecule has 0 aliphatic rings. The molecule has 0 unspecified atom stereocenters. The fraction of sp³-hybridized carbons (Fsp3) is 0.0952. The van der Waals surface area contributed by atoms with Crippen molar-refractivity contribution in [2.45, 2.75) is 18.7 Å². The van der Waals surface area contributed by atoms with Crippen LogP contribution in [0.15, 0.2) is 70.9 Å². The number of amides is 1. The minimum absolute atomic E-state index is 0.0208. The number of nitrogens with zero attached hydrogens (tertiary/aromatic N) is 4. The SMILES string of the molecule is Cc1ccc(NC(=O)C(C#N)=NNc2ccc(S(=O)(=O)Nc3ncccn3)cc2)c(C)c1. The van der Waals surface area contributed by atoms with Crippen LogP contribution in [0.3, 0.4) is 0 Å². The number of aryl methyl sites for hydroxylation is 2. The van der Waals surface area contributed by atoms with Gasteiger partial charge in [0.15, 0.2) is 0 Å². The van der Waals surface area contributed by atoms with Crippen LogP contribution in [0.4, 0.5) is 17.3 Å². The van der Waals surface area contributed by atoms with E-state index in [0.717, 1.165) is 11.1 Å². The predicted octanol–water partition coefficient (Wildman–Crippen LogP) is 2.82. The lowest BCUT2D eigenvalue weighted by Crippen LogP contribution is -2.23. The Balaban J connectivity index is 1.68. The molecule has 0 fully saturated rings. The van der Waals surface area contributed by atoms with Crippen LogP contribution in [0.1, 0.15) is 11.1 Å². The van der Waals surface area contributed by atoms with Crippen molar-refractivity contribution in [1.82, 2.24) is 9.97 Å². The fourth-order valence-electron chi connectivity index (χ4n) is 2.62. The Morgan fingerprint density at radius 3 is 2.38 bits per heavy atom. The first kappa shape index (κ1) is 22.4. The lowest BCUT2D eigenvalue weighted by atomic mass is 10.1. The summed E-state index contributed by atoms with van der Waals surface area (Å²) < 4.78 is 27.1. The summed E-state index contributed by atoms with van der Waals surface area (Å²) in [5, 5.41) is 15.7. The number of nitrogens with one attached hydrogen (secondary N) is 3. The van der Waals surface area contributed by atoms with Gasteiger partial charge in [0.25, 0.3) is 15.9 Å². The summed E-state index contributed by atoms with van der Waals surface area (Å²) >= 11 is 0. The largest absolute Gasteiger partial charge is 0.320 e. The fourth-order valence-corrected chi connectivity index (χ4v) is 3.58. The topological polar surface area (TPSA) is 149 Å². The highest BCUT2D eigenvalue weighted by Gasteiger charge is 2.16. The highest BCUT2D eigenvalue weighted by molar-refractivity contribution is 7.92. The minimum Gasteiger partial charge on any atom is -0.320 e. The van der Waals surface area contributed by atoms with Gasteiger partial charge in [0, 0.05) is 18.1 Å². The summed E-state index contributed by atoms with van der Waals surface area (Å²) in [6.07, 6.45) is 2.83. The molecular formula is C21H19N7O3S. The average Bonchev–Trinajstić information content (AvgIpc) is 2.77. The molecule has 32 heavy (non-hydrogen) atoms. The van der Waals surface area contributed by atoms with Crippen LogP contribution in [0.5, 0.6) is 0 Å². The van der Waals surface area contributed by atoms with E-state index in [9.17, 15) is 18.5 Å². The Labute approximate surface area is 185 Å². The van der Waals surface area contributed by atoms with Crippen molar-refractivity contribution < 1.29 is 13.2 Å². The number of benzene rings is 2. The zero-order chi connectivity index (χ0) is 23.1. The number of hydrogen-bond donors (Lipinski definition) is 3. The second-order valence-corrected chi connectivity index (χ2v) is 8.34. The molecule has 0 saturated carbocycles. The molecule has 3 rings (SSSR count). The standard InChI is InChI=1S/C21H19N7O3S/c1-14-4-9-18(15(2)12-14)25-20(29)19(13-22)27-26-16-5-7-17(8-6-16)32(30,31)28-21-23-10-3-11-24-21/h3-12,26H,1-2H3,(H,25,29)(H,23,24,28). The van der Waals surface area contributed by atoms with Crippen LogP contribution in [0.25, 0.3) is 0 Å². The van der Waals surface area contributed by atoms with Crippen LogP contribution in [0.2, 0.25) is 0 Å². The minimum atomic E-state index is -3.88. The van der Waals surface area contributed by atoms with E-state index in [0.29, 0.717) is 11.4 Å². The zero-order valence-electron chi connectivity index (χ0n) is 17.2. The van der Waals surface area contributed by atoms with Crippen LogP contribution < -0.4 is 15.5 Å². The van der Waals surface area contributed by atoms with Gasteiger partial charge in [-0.2, -0.15) is 10.4 Å². The maximum atomic E-state index is 12.4. The quantitative estimate of drug-likeness (QED) is 0.371. The molecule has 2 aromatic carbocycles. The van der Waals surface area contributed by atoms with Gasteiger partial charge in [0.05, 0.1) is 10.6 Å². The third-order valence-electron chi connectivity index (χ3n) is 4.20. The molecule has 3 N–H and O–H groups in total. The van der Waals surface area contributed by atoms with Gasteiger partial charge in [0.2, 0.25) is 11.7 Å². The van der Waals surface area contributed by atoms with Gasteiger partial charge < -0.3 is 5.32 Å². The third kappa shape index (κ3) is 5.65. The molecule has 0 aliphatic carbocycles. The Morgan fingerprint density at radius 1 is 1.06 bits per heavy atom. The van der Waals surface area contributed by atoms with Crippen molar-refractivity contribution in [3.8, 4) is 6.07 Å². The Bertz CT molecular complexity index is 1300. The van der Waals surface area contributed by atoms with Gasteiger partial charge in [0.1, 0.15) is 6.07 Å². The van der Waals surface area contributed by atoms with Gasteiger partial charge in [-0.15, -0.1) is 0 Å². The lowest BCUT2D eigenvalue weighted by molar-refractivity contribution is -0.110. The summed E-state index contributed by atoms with van der Waals surface area (Å²) in [5.74, 6) is -0.717. The highest BCUT2D eigenvalue weighted by Crippen LogP contribution is 2.17. The smallest absolute Gasteiger partial charge is 0.287 e. The van der Waals surface area contributed by atoms with Gasteiger partial charge in [-0.05, 0) is 55.8 Å². The molecule has 0 radical (unpaired) electrons. The van der Waals surface area contributed by atoms with Crippen LogP contribution in [-0.2, 0) is 14.8 Å². The molecule has 10 nitrogen and oxygen atoms in total. The Morgan fingerprint density at radius 2 is 1.75 bits per heavy atom. The molecular weight excluding hydrogens is 430 g/mol. The molecule has 3 aromatic rings. The van der Waals surface area contributed by atoms with E-state index in [1.165, 1.54) is 36.7 Å². The average molecular weight is 449 g/mol. The van der Waals surface area contributed by atoms with Crippen LogP contribution >= 0.6 is 0 Å². The Kier molecular flexibility index (Phi) is 6.77. The van der Waals surface area contributed by atoms with Crippen molar-refractivity contribution in [2.75, 3.05) is 15.5 Å². The van der Waals surface area contributed by atoms with Crippen LogP contribution in [-0.4, -0.2) is 30.0 Å². The van der Waals surface area contributed by atoms with E-state index in [1.54, 1.807) is 18.2 Å². The van der Waals surface area contributed by atoms with Gasteiger partial charge in [-0.25, -0.2) is 23.1 Å². The van der Waals surface area contributed by atoms with Gasteiger partial charge >= 0.3 is 0 Å². The second-order valence-electron chi connectivity index (χ2n) is 6.66. The maximum Gasteiger partial charge on any atom is 0.287 e. The molecule has 162 valence electrons. The van der Waals surface area contributed by atoms with Crippen molar-refractivity contribution in [2.24, 2.45) is 5.10 Å². The molecule has 1 amide bonds. The normalized spacial score (nSPS) is 11.3. The van der Waals surface area contributed by atoms with E-state index in [4.69, 9.17) is 0 Å². The molecule has 0 spiro atoms.